The smallest absolute Gasteiger partial charge is 0.244 e. The molecule has 0 aliphatic carbocycles. The molecule has 1 unspecified atom stereocenters. The van der Waals surface area contributed by atoms with E-state index in [2.05, 4.69) is 9.82 Å². The van der Waals surface area contributed by atoms with E-state index in [0.29, 0.717) is 16.3 Å². The van der Waals surface area contributed by atoms with Crippen LogP contribution in [0.25, 0.3) is 0 Å². The molecule has 1 aromatic rings. The Labute approximate surface area is 96.9 Å². The molecular formula is C10H19N3O2S. The summed E-state index contributed by atoms with van der Waals surface area (Å²) in [6.45, 7) is 7.25. The van der Waals surface area contributed by atoms with Gasteiger partial charge in [-0.25, -0.2) is 13.1 Å². The third-order valence-electron chi connectivity index (χ3n) is 2.68. The maximum Gasteiger partial charge on any atom is 0.244 e. The lowest BCUT2D eigenvalue weighted by molar-refractivity contribution is 0.554. The van der Waals surface area contributed by atoms with E-state index < -0.39 is 10.0 Å². The lowest BCUT2D eigenvalue weighted by Crippen LogP contribution is -2.32. The molecule has 0 saturated carbocycles. The molecule has 0 aromatic carbocycles. The summed E-state index contributed by atoms with van der Waals surface area (Å²) in [6, 6.07) is -0.0657. The summed E-state index contributed by atoms with van der Waals surface area (Å²) >= 11 is 0. The molecule has 0 aliphatic heterocycles. The maximum atomic E-state index is 12.1. The fourth-order valence-electron chi connectivity index (χ4n) is 1.55. The number of hydrogen-bond acceptors (Lipinski definition) is 3. The molecule has 1 heterocycles. The number of hydrogen-bond donors (Lipinski definition) is 1. The fourth-order valence-corrected chi connectivity index (χ4v) is 3.32. The Morgan fingerprint density at radius 3 is 2.38 bits per heavy atom. The minimum absolute atomic E-state index is 0.0657. The van der Waals surface area contributed by atoms with Crippen molar-refractivity contribution in [2.75, 3.05) is 0 Å². The van der Waals surface area contributed by atoms with Crippen molar-refractivity contribution in [3.05, 3.63) is 11.4 Å². The molecule has 0 spiro atoms. The van der Waals surface area contributed by atoms with Gasteiger partial charge in [0, 0.05) is 13.1 Å². The van der Waals surface area contributed by atoms with Gasteiger partial charge in [-0.15, -0.1) is 0 Å². The predicted molar refractivity (Wildman–Crippen MR) is 62.8 cm³/mol. The van der Waals surface area contributed by atoms with Gasteiger partial charge in [-0.2, -0.15) is 5.10 Å². The summed E-state index contributed by atoms with van der Waals surface area (Å²) in [5.41, 5.74) is 1.20. The highest BCUT2D eigenvalue weighted by molar-refractivity contribution is 7.89. The zero-order chi connectivity index (χ0) is 12.5. The van der Waals surface area contributed by atoms with Gasteiger partial charge in [0.1, 0.15) is 4.90 Å². The van der Waals surface area contributed by atoms with Crippen LogP contribution in [-0.4, -0.2) is 24.2 Å². The number of aromatic nitrogens is 2. The van der Waals surface area contributed by atoms with Crippen molar-refractivity contribution < 1.29 is 8.42 Å². The van der Waals surface area contributed by atoms with Crippen LogP contribution in [0.4, 0.5) is 0 Å². The lowest BCUT2D eigenvalue weighted by atomic mass is 10.3. The summed E-state index contributed by atoms with van der Waals surface area (Å²) in [5, 5.41) is 4.11. The second-order valence-electron chi connectivity index (χ2n) is 4.05. The van der Waals surface area contributed by atoms with Gasteiger partial charge in [0.05, 0.1) is 11.4 Å². The Bertz CT molecular complexity index is 476. The first-order valence-corrected chi connectivity index (χ1v) is 6.80. The molecule has 0 saturated heterocycles. The van der Waals surface area contributed by atoms with E-state index in [-0.39, 0.29) is 6.04 Å². The molecule has 1 N–H and O–H groups in total. The summed E-state index contributed by atoms with van der Waals surface area (Å²) in [5.74, 6) is 0. The van der Waals surface area contributed by atoms with Crippen LogP contribution in [0.3, 0.4) is 0 Å². The minimum Gasteiger partial charge on any atom is -0.271 e. The van der Waals surface area contributed by atoms with Gasteiger partial charge < -0.3 is 0 Å². The molecule has 0 fully saturated rings. The van der Waals surface area contributed by atoms with Gasteiger partial charge >= 0.3 is 0 Å². The van der Waals surface area contributed by atoms with Crippen molar-refractivity contribution in [1.82, 2.24) is 14.5 Å². The first kappa shape index (κ1) is 13.2. The first-order valence-electron chi connectivity index (χ1n) is 5.32. The van der Waals surface area contributed by atoms with E-state index in [1.807, 2.05) is 13.8 Å². The maximum absolute atomic E-state index is 12.1. The molecule has 5 nitrogen and oxygen atoms in total. The van der Waals surface area contributed by atoms with Crippen LogP contribution in [0.1, 0.15) is 31.7 Å². The fraction of sp³-hybridized carbons (Fsp3) is 0.700. The molecule has 6 heteroatoms. The number of aryl methyl sites for hydroxylation is 2. The number of sulfonamides is 1. The van der Waals surface area contributed by atoms with Gasteiger partial charge in [-0.3, -0.25) is 4.68 Å². The summed E-state index contributed by atoms with van der Waals surface area (Å²) in [6.07, 6.45) is 0.761. The molecule has 0 radical (unpaired) electrons. The summed E-state index contributed by atoms with van der Waals surface area (Å²) < 4.78 is 28.4. The molecule has 1 atom stereocenters. The molecule has 0 bridgehead atoms. The van der Waals surface area contributed by atoms with E-state index in [1.165, 1.54) is 0 Å². The van der Waals surface area contributed by atoms with Crippen LogP contribution in [0.15, 0.2) is 4.90 Å². The van der Waals surface area contributed by atoms with Crippen molar-refractivity contribution in [3.8, 4) is 0 Å². The zero-order valence-corrected chi connectivity index (χ0v) is 11.2. The van der Waals surface area contributed by atoms with Crippen molar-refractivity contribution >= 4 is 10.0 Å². The molecule has 0 amide bonds. The average molecular weight is 245 g/mol. The standard InChI is InChI=1S/C10H19N3O2S/c1-6-7(2)12-16(14,15)10-8(3)11-13(5)9(10)4/h7,12H,6H2,1-5H3. The van der Waals surface area contributed by atoms with Crippen LogP contribution in [0, 0.1) is 13.8 Å². The SMILES string of the molecule is CCC(C)NS(=O)(=O)c1c(C)nn(C)c1C. The molecule has 1 aromatic heterocycles. The highest BCUT2D eigenvalue weighted by atomic mass is 32.2. The van der Waals surface area contributed by atoms with E-state index in [0.717, 1.165) is 6.42 Å². The minimum atomic E-state index is -3.45. The molecule has 16 heavy (non-hydrogen) atoms. The predicted octanol–water partition coefficient (Wildman–Crippen LogP) is 1.11. The lowest BCUT2D eigenvalue weighted by Gasteiger charge is -2.12. The molecule has 0 aliphatic rings. The highest BCUT2D eigenvalue weighted by Gasteiger charge is 2.24. The normalized spacial score (nSPS) is 14.1. The Kier molecular flexibility index (Phi) is 3.75. The second-order valence-corrected chi connectivity index (χ2v) is 5.70. The first-order chi connectivity index (χ1) is 7.29. The van der Waals surface area contributed by atoms with Crippen molar-refractivity contribution in [2.45, 2.75) is 45.1 Å². The van der Waals surface area contributed by atoms with Gasteiger partial charge in [0.2, 0.25) is 10.0 Å². The average Bonchev–Trinajstić information content (AvgIpc) is 2.40. The quantitative estimate of drug-likeness (QED) is 0.864. The second kappa shape index (κ2) is 4.55. The molecule has 1 rings (SSSR count). The monoisotopic (exact) mass is 245 g/mol. The van der Waals surface area contributed by atoms with E-state index in [1.54, 1.807) is 25.6 Å². The van der Waals surface area contributed by atoms with E-state index in [9.17, 15) is 8.42 Å². The van der Waals surface area contributed by atoms with Crippen molar-refractivity contribution in [3.63, 3.8) is 0 Å². The van der Waals surface area contributed by atoms with Gasteiger partial charge in [-0.1, -0.05) is 6.92 Å². The highest BCUT2D eigenvalue weighted by Crippen LogP contribution is 2.18. The van der Waals surface area contributed by atoms with E-state index >= 15 is 0 Å². The zero-order valence-electron chi connectivity index (χ0n) is 10.4. The third-order valence-corrected chi connectivity index (χ3v) is 4.52. The number of rotatable bonds is 4. The Balaban J connectivity index is 3.17. The third kappa shape index (κ3) is 2.44. The molecular weight excluding hydrogens is 226 g/mol. The number of nitrogens with zero attached hydrogens (tertiary/aromatic N) is 2. The summed E-state index contributed by atoms with van der Waals surface area (Å²) in [4.78, 5) is 0.301. The van der Waals surface area contributed by atoms with Crippen LogP contribution in [0.5, 0.6) is 0 Å². The van der Waals surface area contributed by atoms with E-state index in [4.69, 9.17) is 0 Å². The van der Waals surface area contributed by atoms with Crippen LogP contribution in [0.2, 0.25) is 0 Å². The largest absolute Gasteiger partial charge is 0.271 e. The summed E-state index contributed by atoms with van der Waals surface area (Å²) in [7, 11) is -1.70. The Morgan fingerprint density at radius 2 is 2.00 bits per heavy atom. The topological polar surface area (TPSA) is 64.0 Å². The van der Waals surface area contributed by atoms with Crippen LogP contribution in [-0.2, 0) is 17.1 Å². The van der Waals surface area contributed by atoms with Crippen LogP contribution < -0.4 is 4.72 Å². The van der Waals surface area contributed by atoms with Gasteiger partial charge in [0.15, 0.2) is 0 Å². The van der Waals surface area contributed by atoms with Crippen molar-refractivity contribution in [1.29, 1.82) is 0 Å². The van der Waals surface area contributed by atoms with Gasteiger partial charge in [0.25, 0.3) is 0 Å². The van der Waals surface area contributed by atoms with Gasteiger partial charge in [-0.05, 0) is 27.2 Å². The van der Waals surface area contributed by atoms with Crippen molar-refractivity contribution in [2.24, 2.45) is 7.05 Å². The van der Waals surface area contributed by atoms with Crippen LogP contribution >= 0.6 is 0 Å². The Hall–Kier alpha value is -0.880. The Morgan fingerprint density at radius 1 is 1.44 bits per heavy atom. The number of nitrogens with one attached hydrogen (secondary N) is 1. The molecule has 92 valence electrons.